The Balaban J connectivity index is 1.38. The third-order valence-electron chi connectivity index (χ3n) is 5.89. The van der Waals surface area contributed by atoms with E-state index < -0.39 is 0 Å². The van der Waals surface area contributed by atoms with Crippen LogP contribution < -0.4 is 10.1 Å². The zero-order valence-corrected chi connectivity index (χ0v) is 19.2. The van der Waals surface area contributed by atoms with Crippen LogP contribution in [0.25, 0.3) is 11.0 Å². The molecule has 0 fully saturated rings. The van der Waals surface area contributed by atoms with Gasteiger partial charge in [-0.1, -0.05) is 44.2 Å². The number of imidazole rings is 1. The molecule has 0 bridgehead atoms. The average Bonchev–Trinajstić information content (AvgIpc) is 3.23. The van der Waals surface area contributed by atoms with Crippen LogP contribution in [-0.4, -0.2) is 27.0 Å². The van der Waals surface area contributed by atoms with Gasteiger partial charge >= 0.3 is 0 Å². The molecule has 1 atom stereocenters. The van der Waals surface area contributed by atoms with Crippen molar-refractivity contribution < 1.29 is 9.53 Å². The van der Waals surface area contributed by atoms with Gasteiger partial charge in [0.1, 0.15) is 17.3 Å². The van der Waals surface area contributed by atoms with Gasteiger partial charge in [0.15, 0.2) is 0 Å². The van der Waals surface area contributed by atoms with E-state index in [4.69, 9.17) is 9.72 Å². The van der Waals surface area contributed by atoms with Crippen molar-refractivity contribution in [1.29, 1.82) is 0 Å². The van der Waals surface area contributed by atoms with Gasteiger partial charge in [-0.3, -0.25) is 9.78 Å². The SMILES string of the molecule is CCC(C)c1ccc(OCCCn2c(CNC(=O)c3ccccn3)nc3ccccc32)cc1. The Labute approximate surface area is 194 Å². The number of pyridine rings is 1. The van der Waals surface area contributed by atoms with Crippen molar-refractivity contribution in [3.63, 3.8) is 0 Å². The van der Waals surface area contributed by atoms with Gasteiger partial charge in [0.2, 0.25) is 0 Å². The lowest BCUT2D eigenvalue weighted by Gasteiger charge is -2.12. The lowest BCUT2D eigenvalue weighted by molar-refractivity contribution is 0.0944. The number of carbonyl (C=O) groups excluding carboxylic acids is 1. The fraction of sp³-hybridized carbons (Fsp3) is 0.296. The third kappa shape index (κ3) is 5.58. The van der Waals surface area contributed by atoms with Crippen LogP contribution in [0, 0.1) is 0 Å². The Hall–Kier alpha value is -3.67. The third-order valence-corrected chi connectivity index (χ3v) is 5.89. The van der Waals surface area contributed by atoms with Crippen molar-refractivity contribution in [2.24, 2.45) is 0 Å². The smallest absolute Gasteiger partial charge is 0.270 e. The summed E-state index contributed by atoms with van der Waals surface area (Å²) in [6.45, 7) is 6.13. The second kappa shape index (κ2) is 10.8. The minimum Gasteiger partial charge on any atom is -0.494 e. The molecule has 6 heteroatoms. The molecule has 33 heavy (non-hydrogen) atoms. The lowest BCUT2D eigenvalue weighted by atomic mass is 9.99. The van der Waals surface area contributed by atoms with Gasteiger partial charge in [-0.2, -0.15) is 0 Å². The molecule has 0 saturated heterocycles. The number of nitrogens with one attached hydrogen (secondary N) is 1. The summed E-state index contributed by atoms with van der Waals surface area (Å²) in [4.78, 5) is 21.3. The monoisotopic (exact) mass is 442 g/mol. The van der Waals surface area contributed by atoms with E-state index in [2.05, 4.69) is 46.9 Å². The fourth-order valence-corrected chi connectivity index (χ4v) is 3.80. The first-order chi connectivity index (χ1) is 16.2. The number of aryl methyl sites for hydroxylation is 1. The highest BCUT2D eigenvalue weighted by molar-refractivity contribution is 5.92. The number of aromatic nitrogens is 3. The van der Waals surface area contributed by atoms with E-state index >= 15 is 0 Å². The van der Waals surface area contributed by atoms with E-state index in [1.165, 1.54) is 5.56 Å². The maximum absolute atomic E-state index is 12.4. The molecule has 4 rings (SSSR count). The molecule has 0 aliphatic carbocycles. The van der Waals surface area contributed by atoms with Crippen LogP contribution in [0.15, 0.2) is 72.9 Å². The summed E-state index contributed by atoms with van der Waals surface area (Å²) < 4.78 is 8.13. The highest BCUT2D eigenvalue weighted by Crippen LogP contribution is 2.22. The molecule has 170 valence electrons. The topological polar surface area (TPSA) is 69.0 Å². The van der Waals surface area contributed by atoms with E-state index in [0.29, 0.717) is 24.8 Å². The number of amides is 1. The van der Waals surface area contributed by atoms with Gasteiger partial charge < -0.3 is 14.6 Å². The number of carbonyl (C=O) groups is 1. The quantitative estimate of drug-likeness (QED) is 0.337. The van der Waals surface area contributed by atoms with Crippen molar-refractivity contribution in [3.05, 3.63) is 90.0 Å². The second-order valence-electron chi connectivity index (χ2n) is 8.15. The van der Waals surface area contributed by atoms with E-state index in [-0.39, 0.29) is 5.91 Å². The van der Waals surface area contributed by atoms with Crippen molar-refractivity contribution >= 4 is 16.9 Å². The normalized spacial score (nSPS) is 11.9. The molecule has 0 radical (unpaired) electrons. The predicted molar refractivity (Wildman–Crippen MR) is 130 cm³/mol. The Morgan fingerprint density at radius 2 is 1.85 bits per heavy atom. The number of nitrogens with zero attached hydrogens (tertiary/aromatic N) is 3. The van der Waals surface area contributed by atoms with E-state index in [1.54, 1.807) is 24.4 Å². The van der Waals surface area contributed by atoms with Crippen molar-refractivity contribution in [2.75, 3.05) is 6.61 Å². The van der Waals surface area contributed by atoms with Crippen LogP contribution in [-0.2, 0) is 13.1 Å². The minimum absolute atomic E-state index is 0.210. The zero-order chi connectivity index (χ0) is 23.0. The zero-order valence-electron chi connectivity index (χ0n) is 19.2. The Kier molecular flexibility index (Phi) is 7.35. The first-order valence-corrected chi connectivity index (χ1v) is 11.5. The largest absolute Gasteiger partial charge is 0.494 e. The van der Waals surface area contributed by atoms with Gasteiger partial charge in [0.05, 0.1) is 24.2 Å². The molecule has 0 aliphatic rings. The van der Waals surface area contributed by atoms with Gasteiger partial charge in [0, 0.05) is 12.7 Å². The number of hydrogen-bond acceptors (Lipinski definition) is 4. The summed E-state index contributed by atoms with van der Waals surface area (Å²) in [5.41, 5.74) is 3.71. The van der Waals surface area contributed by atoms with E-state index in [1.807, 2.05) is 30.3 Å². The first kappa shape index (κ1) is 22.5. The summed E-state index contributed by atoms with van der Waals surface area (Å²) in [5.74, 6) is 2.06. The fourth-order valence-electron chi connectivity index (χ4n) is 3.80. The van der Waals surface area contributed by atoms with Gasteiger partial charge in [-0.05, 0) is 60.7 Å². The van der Waals surface area contributed by atoms with Crippen LogP contribution >= 0.6 is 0 Å². The predicted octanol–water partition coefficient (Wildman–Crippen LogP) is 5.34. The van der Waals surface area contributed by atoms with Crippen LogP contribution in [0.5, 0.6) is 5.75 Å². The molecule has 0 saturated carbocycles. The molecule has 1 amide bonds. The van der Waals surface area contributed by atoms with Crippen molar-refractivity contribution in [3.8, 4) is 5.75 Å². The number of para-hydroxylation sites is 2. The highest BCUT2D eigenvalue weighted by Gasteiger charge is 2.13. The lowest BCUT2D eigenvalue weighted by Crippen LogP contribution is -2.25. The second-order valence-corrected chi connectivity index (χ2v) is 8.15. The Morgan fingerprint density at radius 1 is 1.06 bits per heavy atom. The number of benzene rings is 2. The molecule has 2 aromatic heterocycles. The van der Waals surface area contributed by atoms with Crippen molar-refractivity contribution in [2.45, 2.75) is 45.7 Å². The molecule has 2 aromatic carbocycles. The van der Waals surface area contributed by atoms with Crippen LogP contribution in [0.1, 0.15) is 54.5 Å². The van der Waals surface area contributed by atoms with Gasteiger partial charge in [-0.25, -0.2) is 4.98 Å². The van der Waals surface area contributed by atoms with E-state index in [9.17, 15) is 4.79 Å². The Morgan fingerprint density at radius 3 is 2.61 bits per heavy atom. The molecule has 1 unspecified atom stereocenters. The number of rotatable bonds is 10. The molecule has 4 aromatic rings. The maximum Gasteiger partial charge on any atom is 0.270 e. The number of hydrogen-bond donors (Lipinski definition) is 1. The molecule has 1 N–H and O–H groups in total. The first-order valence-electron chi connectivity index (χ1n) is 11.5. The molecule has 0 spiro atoms. The van der Waals surface area contributed by atoms with Gasteiger partial charge in [0.25, 0.3) is 5.91 Å². The summed E-state index contributed by atoms with van der Waals surface area (Å²) in [6, 6.07) is 21.7. The van der Waals surface area contributed by atoms with Gasteiger partial charge in [-0.15, -0.1) is 0 Å². The average molecular weight is 443 g/mol. The molecular weight excluding hydrogens is 412 g/mol. The highest BCUT2D eigenvalue weighted by atomic mass is 16.5. The minimum atomic E-state index is -0.210. The number of ether oxygens (including phenoxy) is 1. The molecule has 0 aliphatic heterocycles. The molecule has 2 heterocycles. The Bertz CT molecular complexity index is 1190. The summed E-state index contributed by atoms with van der Waals surface area (Å²) >= 11 is 0. The van der Waals surface area contributed by atoms with Crippen LogP contribution in [0.4, 0.5) is 0 Å². The molecular formula is C27H30N4O2. The van der Waals surface area contributed by atoms with Crippen molar-refractivity contribution in [1.82, 2.24) is 19.9 Å². The summed E-state index contributed by atoms with van der Waals surface area (Å²) in [6.07, 6.45) is 3.57. The van der Waals surface area contributed by atoms with E-state index in [0.717, 1.165) is 42.0 Å². The summed E-state index contributed by atoms with van der Waals surface area (Å²) in [7, 11) is 0. The standard InChI is InChI=1S/C27H30N4O2/c1-3-20(2)21-12-14-22(15-13-21)33-18-8-17-31-25-11-5-4-9-23(25)30-26(31)19-29-27(32)24-10-6-7-16-28-24/h4-7,9-16,20H,3,8,17-19H2,1-2H3,(H,29,32). The summed E-state index contributed by atoms with van der Waals surface area (Å²) in [5, 5.41) is 2.94. The maximum atomic E-state index is 12.4. The molecule has 6 nitrogen and oxygen atoms in total. The van der Waals surface area contributed by atoms with Crippen LogP contribution in [0.3, 0.4) is 0 Å². The number of fused-ring (bicyclic) bond motifs is 1. The van der Waals surface area contributed by atoms with Crippen LogP contribution in [0.2, 0.25) is 0 Å².